The molecule has 2 saturated carbocycles. The fourth-order valence-electron chi connectivity index (χ4n) is 7.10. The molecule has 0 bridgehead atoms. The molecule has 4 atom stereocenters. The molecule has 0 heterocycles. The number of nitrogens with zero attached hydrogens (tertiary/aromatic N) is 2. The Morgan fingerprint density at radius 2 is 0.850 bits per heavy atom. The molecule has 40 heavy (non-hydrogen) atoms. The van der Waals surface area contributed by atoms with E-state index in [4.69, 9.17) is 18.8 Å². The minimum atomic E-state index is -1.52. The standard InChI is InChI=1S/C34H68N2O2Si2/c1-11-27-19-15-20-28(12-2)33(27)35-31(23-17-25-37-39(5,6)7)32(24-18-26-38-40(8,9)10)36-34-29(13-3)21-16-22-30(34)14-4/h27-30,33-34H,11-26H2,1-10H3. The van der Waals surface area contributed by atoms with Crippen LogP contribution in [0.15, 0.2) is 9.98 Å². The lowest BCUT2D eigenvalue weighted by Gasteiger charge is -2.37. The van der Waals surface area contributed by atoms with Crippen LogP contribution in [-0.4, -0.2) is 53.4 Å². The quantitative estimate of drug-likeness (QED) is 0.0958. The average Bonchev–Trinajstić information content (AvgIpc) is 2.90. The minimum absolute atomic E-state index is 0.454. The third-order valence-corrected chi connectivity index (χ3v) is 11.6. The molecule has 0 saturated heterocycles. The molecular formula is C34H68N2O2Si2. The molecule has 0 aromatic carbocycles. The van der Waals surface area contributed by atoms with Crippen LogP contribution in [0, 0.1) is 23.7 Å². The smallest absolute Gasteiger partial charge is 0.183 e. The van der Waals surface area contributed by atoms with Crippen LogP contribution >= 0.6 is 0 Å². The fraction of sp³-hybridized carbons (Fsp3) is 0.941. The van der Waals surface area contributed by atoms with Crippen molar-refractivity contribution >= 4 is 28.1 Å². The predicted octanol–water partition coefficient (Wildman–Crippen LogP) is 10.3. The van der Waals surface area contributed by atoms with Gasteiger partial charge in [0.2, 0.25) is 0 Å². The molecule has 4 unspecified atom stereocenters. The van der Waals surface area contributed by atoms with Gasteiger partial charge in [0.1, 0.15) is 0 Å². The van der Waals surface area contributed by atoms with Gasteiger partial charge in [0.05, 0.1) is 23.5 Å². The molecule has 0 aliphatic heterocycles. The van der Waals surface area contributed by atoms with Gasteiger partial charge in [-0.2, -0.15) is 0 Å². The SMILES string of the molecule is CCC1CCCC(CC)C1N=C(CCCO[Si](C)(C)C)C(CCCO[Si](C)(C)C)=NC1C(CC)CCCC1CC. The van der Waals surface area contributed by atoms with Crippen LogP contribution < -0.4 is 0 Å². The second kappa shape index (κ2) is 17.7. The zero-order valence-corrected chi connectivity index (χ0v) is 30.5. The zero-order chi connectivity index (χ0) is 29.8. The van der Waals surface area contributed by atoms with Gasteiger partial charge in [-0.3, -0.25) is 9.98 Å². The topological polar surface area (TPSA) is 43.2 Å². The van der Waals surface area contributed by atoms with Gasteiger partial charge in [0.15, 0.2) is 16.6 Å². The lowest BCUT2D eigenvalue weighted by Crippen LogP contribution is -2.36. The largest absolute Gasteiger partial charge is 0.418 e. The van der Waals surface area contributed by atoms with Gasteiger partial charge in [0, 0.05) is 13.2 Å². The molecule has 6 heteroatoms. The molecule has 0 spiro atoms. The molecule has 0 aromatic heterocycles. The average molecular weight is 593 g/mol. The summed E-state index contributed by atoms with van der Waals surface area (Å²) in [5, 5.41) is 0. The van der Waals surface area contributed by atoms with E-state index in [0.29, 0.717) is 35.8 Å². The van der Waals surface area contributed by atoms with E-state index in [1.807, 2.05) is 0 Å². The monoisotopic (exact) mass is 592 g/mol. The Labute approximate surface area is 252 Å². The fourth-order valence-corrected chi connectivity index (χ4v) is 8.62. The van der Waals surface area contributed by atoms with E-state index in [9.17, 15) is 0 Å². The highest BCUT2D eigenvalue weighted by Crippen LogP contribution is 2.38. The molecule has 0 N–H and O–H groups in total. The Kier molecular flexibility index (Phi) is 15.9. The van der Waals surface area contributed by atoms with Gasteiger partial charge < -0.3 is 8.85 Å². The summed E-state index contributed by atoms with van der Waals surface area (Å²) in [5.41, 5.74) is 2.65. The molecular weight excluding hydrogens is 525 g/mol. The van der Waals surface area contributed by atoms with Gasteiger partial charge in [-0.05, 0) is 114 Å². The van der Waals surface area contributed by atoms with Gasteiger partial charge in [-0.1, -0.05) is 66.2 Å². The van der Waals surface area contributed by atoms with Gasteiger partial charge in [0.25, 0.3) is 0 Å². The first-order valence-corrected chi connectivity index (χ1v) is 24.2. The molecule has 4 nitrogen and oxygen atoms in total. The van der Waals surface area contributed by atoms with E-state index in [1.165, 1.54) is 75.6 Å². The van der Waals surface area contributed by atoms with Crippen LogP contribution in [0.25, 0.3) is 0 Å². The second-order valence-corrected chi connectivity index (χ2v) is 23.8. The Balaban J connectivity index is 2.48. The van der Waals surface area contributed by atoms with Crippen molar-refractivity contribution in [3.8, 4) is 0 Å². The van der Waals surface area contributed by atoms with E-state index in [2.05, 4.69) is 67.0 Å². The van der Waals surface area contributed by atoms with Gasteiger partial charge >= 0.3 is 0 Å². The number of rotatable bonds is 17. The van der Waals surface area contributed by atoms with Crippen LogP contribution in [-0.2, 0) is 8.85 Å². The van der Waals surface area contributed by atoms with E-state index < -0.39 is 16.6 Å². The van der Waals surface area contributed by atoms with Gasteiger partial charge in [-0.25, -0.2) is 0 Å². The number of hydrogen-bond acceptors (Lipinski definition) is 4. The number of hydrogen-bond donors (Lipinski definition) is 0. The van der Waals surface area contributed by atoms with Crippen LogP contribution in [0.1, 0.15) is 118 Å². The van der Waals surface area contributed by atoms with E-state index >= 15 is 0 Å². The minimum Gasteiger partial charge on any atom is -0.418 e. The van der Waals surface area contributed by atoms with Crippen LogP contribution in [0.3, 0.4) is 0 Å². The zero-order valence-electron chi connectivity index (χ0n) is 28.5. The summed E-state index contributed by atoms with van der Waals surface area (Å²) < 4.78 is 12.6. The van der Waals surface area contributed by atoms with Crippen molar-refractivity contribution < 1.29 is 8.85 Å². The van der Waals surface area contributed by atoms with Crippen LogP contribution in [0.2, 0.25) is 39.3 Å². The maximum absolute atomic E-state index is 6.32. The molecule has 2 aliphatic rings. The van der Waals surface area contributed by atoms with Crippen molar-refractivity contribution in [2.75, 3.05) is 13.2 Å². The van der Waals surface area contributed by atoms with Crippen molar-refractivity contribution in [3.63, 3.8) is 0 Å². The van der Waals surface area contributed by atoms with Crippen molar-refractivity contribution in [3.05, 3.63) is 0 Å². The summed E-state index contributed by atoms with van der Waals surface area (Å²) in [4.78, 5) is 11.6. The van der Waals surface area contributed by atoms with Crippen molar-refractivity contribution in [1.29, 1.82) is 0 Å². The summed E-state index contributed by atoms with van der Waals surface area (Å²) in [6.45, 7) is 25.0. The van der Waals surface area contributed by atoms with Crippen molar-refractivity contribution in [2.24, 2.45) is 33.7 Å². The lowest BCUT2D eigenvalue weighted by molar-refractivity contribution is 0.211. The second-order valence-electron chi connectivity index (χ2n) is 14.8. The summed E-state index contributed by atoms with van der Waals surface area (Å²) in [6.07, 6.45) is 17.2. The highest BCUT2D eigenvalue weighted by molar-refractivity contribution is 6.70. The predicted molar refractivity (Wildman–Crippen MR) is 182 cm³/mol. The Morgan fingerprint density at radius 1 is 0.550 bits per heavy atom. The molecule has 0 amide bonds. The highest BCUT2D eigenvalue weighted by atomic mass is 28.4. The highest BCUT2D eigenvalue weighted by Gasteiger charge is 2.34. The summed E-state index contributed by atoms with van der Waals surface area (Å²) in [6, 6.07) is 0.908. The maximum Gasteiger partial charge on any atom is 0.183 e. The molecule has 0 radical (unpaired) electrons. The Hall–Kier alpha value is -0.306. The first-order chi connectivity index (χ1) is 18.9. The number of aliphatic imine (C=N–C) groups is 2. The molecule has 2 fully saturated rings. The normalized spacial score (nSPS) is 29.1. The molecule has 2 aliphatic carbocycles. The van der Waals surface area contributed by atoms with Crippen LogP contribution in [0.5, 0.6) is 0 Å². The van der Waals surface area contributed by atoms with Crippen molar-refractivity contribution in [2.45, 2.75) is 169 Å². The molecule has 2 rings (SSSR count). The third kappa shape index (κ3) is 12.5. The van der Waals surface area contributed by atoms with Gasteiger partial charge in [-0.15, -0.1) is 0 Å². The third-order valence-electron chi connectivity index (χ3n) is 9.46. The lowest BCUT2D eigenvalue weighted by atomic mass is 9.74. The first kappa shape index (κ1) is 35.9. The maximum atomic E-state index is 6.32. The molecule has 234 valence electrons. The van der Waals surface area contributed by atoms with E-state index in [0.717, 1.165) is 38.9 Å². The first-order valence-electron chi connectivity index (χ1n) is 17.3. The summed E-state index contributed by atoms with van der Waals surface area (Å²) in [7, 11) is -3.04. The van der Waals surface area contributed by atoms with E-state index in [1.54, 1.807) is 0 Å². The summed E-state index contributed by atoms with van der Waals surface area (Å²) >= 11 is 0. The molecule has 0 aromatic rings. The Morgan fingerprint density at radius 3 is 1.10 bits per heavy atom. The van der Waals surface area contributed by atoms with Crippen LogP contribution in [0.4, 0.5) is 0 Å². The van der Waals surface area contributed by atoms with Crippen molar-refractivity contribution in [1.82, 2.24) is 0 Å². The Bertz CT molecular complexity index is 683. The summed E-state index contributed by atoms with van der Waals surface area (Å²) in [5.74, 6) is 2.85. The van der Waals surface area contributed by atoms with E-state index in [-0.39, 0.29) is 0 Å².